The van der Waals surface area contributed by atoms with E-state index in [9.17, 15) is 13.6 Å². The van der Waals surface area contributed by atoms with Crippen LogP contribution in [-0.4, -0.2) is 18.0 Å². The number of ketones is 1. The highest BCUT2D eigenvalue weighted by molar-refractivity contribution is 9.10. The molecule has 19 heavy (non-hydrogen) atoms. The van der Waals surface area contributed by atoms with Gasteiger partial charge >= 0.3 is 0 Å². The zero-order chi connectivity index (χ0) is 14.0. The summed E-state index contributed by atoms with van der Waals surface area (Å²) < 4.78 is 33.5. The maximum Gasteiger partial charge on any atom is 0.200 e. The molecule has 1 aliphatic carbocycles. The third-order valence-corrected chi connectivity index (χ3v) is 4.13. The van der Waals surface area contributed by atoms with Crippen molar-refractivity contribution in [3.63, 3.8) is 0 Å². The minimum absolute atomic E-state index is 0.0851. The van der Waals surface area contributed by atoms with Crippen molar-refractivity contribution in [3.05, 3.63) is 33.8 Å². The zero-order valence-corrected chi connectivity index (χ0v) is 12.2. The van der Waals surface area contributed by atoms with Gasteiger partial charge in [-0.05, 0) is 60.7 Å². The largest absolute Gasteiger partial charge is 0.367 e. The van der Waals surface area contributed by atoms with Gasteiger partial charge in [-0.2, -0.15) is 0 Å². The first-order valence-corrected chi connectivity index (χ1v) is 7.13. The second kappa shape index (κ2) is 5.67. The van der Waals surface area contributed by atoms with Crippen LogP contribution >= 0.6 is 15.9 Å². The summed E-state index contributed by atoms with van der Waals surface area (Å²) in [6.07, 6.45) is 2.71. The predicted molar refractivity (Wildman–Crippen MR) is 71.2 cm³/mol. The SMILES string of the molecule is CCOC1(C(=O)c2c(F)ccc(Br)c2F)CCCC1. The molecule has 0 amide bonds. The Morgan fingerprint density at radius 1 is 1.37 bits per heavy atom. The summed E-state index contributed by atoms with van der Waals surface area (Å²) in [5.74, 6) is -2.27. The van der Waals surface area contributed by atoms with E-state index < -0.39 is 28.6 Å². The van der Waals surface area contributed by atoms with Crippen molar-refractivity contribution >= 4 is 21.7 Å². The molecule has 0 N–H and O–H groups in total. The molecule has 1 fully saturated rings. The van der Waals surface area contributed by atoms with E-state index >= 15 is 0 Å². The third kappa shape index (κ3) is 2.58. The molecule has 0 aliphatic heterocycles. The van der Waals surface area contributed by atoms with Gasteiger partial charge in [0.25, 0.3) is 0 Å². The third-order valence-electron chi connectivity index (χ3n) is 3.52. The van der Waals surface area contributed by atoms with Gasteiger partial charge in [0, 0.05) is 6.61 Å². The molecular formula is C14H15BrF2O2. The number of benzene rings is 1. The van der Waals surface area contributed by atoms with E-state index in [0.717, 1.165) is 18.9 Å². The quantitative estimate of drug-likeness (QED) is 0.608. The van der Waals surface area contributed by atoms with Crippen LogP contribution in [0.2, 0.25) is 0 Å². The molecule has 1 aliphatic rings. The van der Waals surface area contributed by atoms with Crippen LogP contribution in [0.15, 0.2) is 16.6 Å². The number of Topliss-reactive ketones (excluding diaryl/α,β-unsaturated/α-hetero) is 1. The Morgan fingerprint density at radius 2 is 2.00 bits per heavy atom. The van der Waals surface area contributed by atoms with Crippen molar-refractivity contribution < 1.29 is 18.3 Å². The maximum absolute atomic E-state index is 14.0. The van der Waals surface area contributed by atoms with Crippen LogP contribution in [0.1, 0.15) is 43.0 Å². The maximum atomic E-state index is 14.0. The van der Waals surface area contributed by atoms with Crippen LogP contribution in [0.3, 0.4) is 0 Å². The molecule has 104 valence electrons. The summed E-state index contributed by atoms with van der Waals surface area (Å²) in [5.41, 5.74) is -1.55. The Hall–Kier alpha value is -0.810. The molecule has 0 aromatic heterocycles. The molecule has 0 heterocycles. The molecular weight excluding hydrogens is 318 g/mol. The molecule has 1 saturated carbocycles. The van der Waals surface area contributed by atoms with E-state index in [2.05, 4.69) is 15.9 Å². The fraction of sp³-hybridized carbons (Fsp3) is 0.500. The molecule has 2 rings (SSSR count). The first-order valence-electron chi connectivity index (χ1n) is 6.34. The molecule has 0 radical (unpaired) electrons. The highest BCUT2D eigenvalue weighted by atomic mass is 79.9. The van der Waals surface area contributed by atoms with Crippen LogP contribution < -0.4 is 0 Å². The van der Waals surface area contributed by atoms with Gasteiger partial charge in [-0.3, -0.25) is 4.79 Å². The molecule has 0 unspecified atom stereocenters. The summed E-state index contributed by atoms with van der Waals surface area (Å²) in [7, 11) is 0. The van der Waals surface area contributed by atoms with Crippen molar-refractivity contribution in [1.29, 1.82) is 0 Å². The number of halogens is 3. The lowest BCUT2D eigenvalue weighted by Crippen LogP contribution is -2.40. The Morgan fingerprint density at radius 3 is 2.58 bits per heavy atom. The van der Waals surface area contributed by atoms with Gasteiger partial charge in [0.05, 0.1) is 10.0 Å². The lowest BCUT2D eigenvalue weighted by molar-refractivity contribution is -0.0169. The van der Waals surface area contributed by atoms with E-state index in [-0.39, 0.29) is 4.47 Å². The molecule has 1 aromatic rings. The van der Waals surface area contributed by atoms with Gasteiger partial charge in [0.1, 0.15) is 11.4 Å². The first-order chi connectivity index (χ1) is 9.02. The van der Waals surface area contributed by atoms with Crippen molar-refractivity contribution in [2.75, 3.05) is 6.61 Å². The number of hydrogen-bond acceptors (Lipinski definition) is 2. The average molecular weight is 333 g/mol. The number of ether oxygens (including phenoxy) is 1. The first kappa shape index (κ1) is 14.6. The van der Waals surface area contributed by atoms with Crippen molar-refractivity contribution in [1.82, 2.24) is 0 Å². The Bertz CT molecular complexity index is 496. The fourth-order valence-electron chi connectivity index (χ4n) is 2.62. The van der Waals surface area contributed by atoms with Gasteiger partial charge in [-0.25, -0.2) is 8.78 Å². The van der Waals surface area contributed by atoms with Crippen molar-refractivity contribution in [3.8, 4) is 0 Å². The van der Waals surface area contributed by atoms with E-state index in [1.165, 1.54) is 6.07 Å². The van der Waals surface area contributed by atoms with Crippen LogP contribution in [0.4, 0.5) is 8.78 Å². The lowest BCUT2D eigenvalue weighted by Gasteiger charge is -2.27. The zero-order valence-electron chi connectivity index (χ0n) is 10.6. The summed E-state index contributed by atoms with van der Waals surface area (Å²) >= 11 is 2.98. The molecule has 0 spiro atoms. The monoisotopic (exact) mass is 332 g/mol. The second-order valence-electron chi connectivity index (χ2n) is 4.68. The summed E-state index contributed by atoms with van der Waals surface area (Å²) in [6.45, 7) is 2.13. The molecule has 0 atom stereocenters. The molecule has 1 aromatic carbocycles. The van der Waals surface area contributed by atoms with E-state index in [4.69, 9.17) is 4.74 Å². The molecule has 0 bridgehead atoms. The Labute approximate surface area is 119 Å². The topological polar surface area (TPSA) is 26.3 Å². The molecule has 2 nitrogen and oxygen atoms in total. The molecule has 5 heteroatoms. The minimum Gasteiger partial charge on any atom is -0.367 e. The van der Waals surface area contributed by atoms with E-state index in [1.54, 1.807) is 6.92 Å². The summed E-state index contributed by atoms with van der Waals surface area (Å²) in [4.78, 5) is 12.5. The Balaban J connectivity index is 2.46. The van der Waals surface area contributed by atoms with Crippen LogP contribution in [0, 0.1) is 11.6 Å². The van der Waals surface area contributed by atoms with Gasteiger partial charge in [0.15, 0.2) is 5.82 Å². The summed E-state index contributed by atoms with van der Waals surface area (Å²) in [5, 5.41) is 0. The van der Waals surface area contributed by atoms with Crippen molar-refractivity contribution in [2.45, 2.75) is 38.2 Å². The van der Waals surface area contributed by atoms with Crippen molar-refractivity contribution in [2.24, 2.45) is 0 Å². The standard InChI is InChI=1S/C14H15BrF2O2/c1-2-19-14(7-3-4-8-14)13(18)11-10(16)6-5-9(15)12(11)17/h5-6H,2-4,7-8H2,1H3. The van der Waals surface area contributed by atoms with Gasteiger partial charge < -0.3 is 4.74 Å². The van der Waals surface area contributed by atoms with E-state index in [1.807, 2.05) is 0 Å². The summed E-state index contributed by atoms with van der Waals surface area (Å²) in [6, 6.07) is 2.35. The Kier molecular flexibility index (Phi) is 4.36. The number of carbonyl (C=O) groups is 1. The fourth-order valence-corrected chi connectivity index (χ4v) is 2.95. The van der Waals surface area contributed by atoms with Crippen LogP contribution in [0.5, 0.6) is 0 Å². The van der Waals surface area contributed by atoms with Crippen LogP contribution in [-0.2, 0) is 4.74 Å². The van der Waals surface area contributed by atoms with E-state index in [0.29, 0.717) is 19.4 Å². The predicted octanol–water partition coefficient (Wildman–Crippen LogP) is 4.26. The average Bonchev–Trinajstić information content (AvgIpc) is 2.84. The highest BCUT2D eigenvalue weighted by Gasteiger charge is 2.44. The van der Waals surface area contributed by atoms with Crippen LogP contribution in [0.25, 0.3) is 0 Å². The van der Waals surface area contributed by atoms with Gasteiger partial charge in [0.2, 0.25) is 5.78 Å². The van der Waals surface area contributed by atoms with Gasteiger partial charge in [-0.1, -0.05) is 0 Å². The smallest absolute Gasteiger partial charge is 0.200 e. The molecule has 0 saturated heterocycles. The second-order valence-corrected chi connectivity index (χ2v) is 5.54. The normalized spacial score (nSPS) is 17.7. The minimum atomic E-state index is -1.06. The number of rotatable bonds is 4. The van der Waals surface area contributed by atoms with Gasteiger partial charge in [-0.15, -0.1) is 0 Å². The lowest BCUT2D eigenvalue weighted by atomic mass is 9.90. The number of carbonyl (C=O) groups excluding carboxylic acids is 1. The highest BCUT2D eigenvalue weighted by Crippen LogP contribution is 2.38. The number of hydrogen-bond donors (Lipinski definition) is 0.